The fourth-order valence-corrected chi connectivity index (χ4v) is 7.24. The molecule has 0 saturated heterocycles. The van der Waals surface area contributed by atoms with Crippen LogP contribution < -0.4 is 10.6 Å². The summed E-state index contributed by atoms with van der Waals surface area (Å²) in [6, 6.07) is 10.0. The van der Waals surface area contributed by atoms with E-state index in [0.717, 1.165) is 34.4 Å². The van der Waals surface area contributed by atoms with E-state index in [1.807, 2.05) is 48.7 Å². The van der Waals surface area contributed by atoms with Gasteiger partial charge in [0, 0.05) is 42.4 Å². The van der Waals surface area contributed by atoms with Crippen LogP contribution in [0.15, 0.2) is 73.9 Å². The van der Waals surface area contributed by atoms with Crippen LogP contribution in [0.2, 0.25) is 0 Å². The molecule has 230 valence electrons. The number of allylic oxidation sites excluding steroid dienone is 6. The molecule has 2 aliphatic carbocycles. The van der Waals surface area contributed by atoms with Crippen molar-refractivity contribution in [2.24, 2.45) is 10.4 Å². The number of nitrogens with one attached hydrogen (secondary N) is 2. The highest BCUT2D eigenvalue weighted by Crippen LogP contribution is 2.49. The number of carbonyl (C=O) groups excluding carboxylic acids is 3. The first kappa shape index (κ1) is 31.6. The molecule has 0 atom stereocenters. The molecule has 1 amide bonds. The molecule has 2 aliphatic heterocycles. The number of halogens is 5. The number of alkyl halides is 3. The van der Waals surface area contributed by atoms with E-state index in [1.54, 1.807) is 4.57 Å². The second-order valence-electron chi connectivity index (χ2n) is 10.5. The molecule has 1 aromatic heterocycles. The van der Waals surface area contributed by atoms with Gasteiger partial charge in [-0.3, -0.25) is 19.4 Å². The van der Waals surface area contributed by atoms with Crippen LogP contribution in [0.5, 0.6) is 0 Å². The zero-order valence-corrected chi connectivity index (χ0v) is 26.1. The Hall–Kier alpha value is -3.78. The Morgan fingerprint density at radius 2 is 1.75 bits per heavy atom. The Labute approximate surface area is 266 Å². The number of hydrogen-bond acceptors (Lipinski definition) is 6. The molecule has 3 N–H and O–H groups in total. The van der Waals surface area contributed by atoms with Gasteiger partial charge < -0.3 is 20.3 Å². The largest absolute Gasteiger partial charge is 0.490 e. The number of aliphatic carboxylic acids is 1. The number of carbonyl (C=O) groups is 4. The summed E-state index contributed by atoms with van der Waals surface area (Å²) in [7, 11) is 0. The van der Waals surface area contributed by atoms with Crippen molar-refractivity contribution in [2.45, 2.75) is 32.0 Å². The molecule has 3 heterocycles. The predicted octanol–water partition coefficient (Wildman–Crippen LogP) is 4.40. The van der Waals surface area contributed by atoms with Crippen LogP contribution in [0.4, 0.5) is 13.2 Å². The van der Waals surface area contributed by atoms with Gasteiger partial charge in [-0.15, -0.1) is 0 Å². The Morgan fingerprint density at radius 1 is 1.09 bits per heavy atom. The highest BCUT2D eigenvalue weighted by Gasteiger charge is 2.48. The van der Waals surface area contributed by atoms with Gasteiger partial charge in [0.15, 0.2) is 0 Å². The molecular formula is C30H25Br2F3N4O5. The number of Topliss-reactive ketones (excluding diaryl/α,β-unsaturated/α-hetero) is 2. The van der Waals surface area contributed by atoms with Gasteiger partial charge in [-0.2, -0.15) is 13.2 Å². The minimum absolute atomic E-state index is 0.0648. The van der Waals surface area contributed by atoms with Gasteiger partial charge in [-0.05, 0) is 62.2 Å². The molecule has 4 aliphatic rings. The highest BCUT2D eigenvalue weighted by molar-refractivity contribution is 9.13. The fraction of sp³-hybridized carbons (Fsp3) is 0.300. The fourth-order valence-electron chi connectivity index (χ4n) is 5.73. The molecule has 9 nitrogen and oxygen atoms in total. The number of nitrogens with zero attached hydrogens (tertiary/aromatic N) is 2. The van der Waals surface area contributed by atoms with Crippen LogP contribution in [-0.2, 0) is 33.8 Å². The summed E-state index contributed by atoms with van der Waals surface area (Å²) in [5, 5.41) is 13.4. The topological polar surface area (TPSA) is 130 Å². The second kappa shape index (κ2) is 12.3. The van der Waals surface area contributed by atoms with Crippen molar-refractivity contribution in [3.8, 4) is 0 Å². The van der Waals surface area contributed by atoms with Crippen LogP contribution in [0, 0.1) is 5.41 Å². The molecule has 6 rings (SSSR count). The van der Waals surface area contributed by atoms with Gasteiger partial charge in [0.2, 0.25) is 17.5 Å². The van der Waals surface area contributed by atoms with Gasteiger partial charge >= 0.3 is 12.1 Å². The SMILES string of the molecule is O=C(Cn1cc2c3c1C(=O)C1=C(C3=NCC2)C2(C=C(Br)C(=O)C(Br)=C2)CCN1)NCCc1ccccc1.O=C(O)C(F)(F)F. The number of hydrogen-bond donors (Lipinski definition) is 3. The van der Waals surface area contributed by atoms with Crippen molar-refractivity contribution in [3.63, 3.8) is 0 Å². The van der Waals surface area contributed by atoms with E-state index >= 15 is 0 Å². The molecule has 0 saturated carbocycles. The Kier molecular flexibility index (Phi) is 8.85. The molecule has 0 fully saturated rings. The minimum atomic E-state index is -5.08. The summed E-state index contributed by atoms with van der Waals surface area (Å²) < 4.78 is 34.4. The van der Waals surface area contributed by atoms with Crippen molar-refractivity contribution < 1.29 is 37.5 Å². The Balaban J connectivity index is 0.000000493. The van der Waals surface area contributed by atoms with Crippen molar-refractivity contribution >= 4 is 61.0 Å². The summed E-state index contributed by atoms with van der Waals surface area (Å²) >= 11 is 6.86. The number of carboxylic acid groups (broad SMARTS) is 1. The lowest BCUT2D eigenvalue weighted by Crippen LogP contribution is -2.45. The normalized spacial score (nSPS) is 18.2. The van der Waals surface area contributed by atoms with Gasteiger partial charge in [0.25, 0.3) is 0 Å². The maximum Gasteiger partial charge on any atom is 0.490 e. The zero-order valence-electron chi connectivity index (χ0n) is 22.9. The summed E-state index contributed by atoms with van der Waals surface area (Å²) in [6.07, 6.45) is 2.80. The molecule has 0 bridgehead atoms. The van der Waals surface area contributed by atoms with Crippen LogP contribution in [0.3, 0.4) is 0 Å². The Morgan fingerprint density at radius 3 is 2.39 bits per heavy atom. The smallest absolute Gasteiger partial charge is 0.475 e. The van der Waals surface area contributed by atoms with E-state index in [2.05, 4.69) is 42.5 Å². The lowest BCUT2D eigenvalue weighted by Gasteiger charge is -2.41. The van der Waals surface area contributed by atoms with Crippen LogP contribution in [0.25, 0.3) is 0 Å². The number of ketones is 2. The van der Waals surface area contributed by atoms with Gasteiger partial charge in [0.1, 0.15) is 12.2 Å². The first-order valence-corrected chi connectivity index (χ1v) is 15.1. The average molecular weight is 738 g/mol. The number of benzene rings is 1. The third-order valence-corrected chi connectivity index (χ3v) is 8.80. The van der Waals surface area contributed by atoms with Gasteiger partial charge in [-0.1, -0.05) is 42.5 Å². The van der Waals surface area contributed by atoms with E-state index < -0.39 is 17.6 Å². The van der Waals surface area contributed by atoms with Gasteiger partial charge in [0.05, 0.1) is 20.4 Å². The lowest BCUT2D eigenvalue weighted by molar-refractivity contribution is -0.192. The van der Waals surface area contributed by atoms with Crippen molar-refractivity contribution in [3.05, 3.63) is 91.3 Å². The quantitative estimate of drug-likeness (QED) is 0.418. The monoisotopic (exact) mass is 736 g/mol. The summed E-state index contributed by atoms with van der Waals surface area (Å²) in [6.45, 7) is 1.77. The summed E-state index contributed by atoms with van der Waals surface area (Å²) in [5.41, 5.74) is 4.96. The first-order valence-electron chi connectivity index (χ1n) is 13.5. The first-order chi connectivity index (χ1) is 20.8. The minimum Gasteiger partial charge on any atom is -0.475 e. The van der Waals surface area contributed by atoms with Crippen molar-refractivity contribution in [1.82, 2.24) is 15.2 Å². The van der Waals surface area contributed by atoms with E-state index in [1.165, 1.54) is 0 Å². The van der Waals surface area contributed by atoms with Crippen LogP contribution in [-0.4, -0.2) is 64.6 Å². The number of aromatic nitrogens is 1. The molecule has 1 aromatic carbocycles. The predicted molar refractivity (Wildman–Crippen MR) is 162 cm³/mol. The molecule has 2 aromatic rings. The van der Waals surface area contributed by atoms with E-state index in [0.29, 0.717) is 52.8 Å². The number of amides is 1. The molecule has 14 heteroatoms. The van der Waals surface area contributed by atoms with E-state index in [-0.39, 0.29) is 24.0 Å². The number of carboxylic acids is 1. The van der Waals surface area contributed by atoms with Gasteiger partial charge in [-0.25, -0.2) is 4.79 Å². The third-order valence-electron chi connectivity index (χ3n) is 7.62. The molecule has 0 radical (unpaired) electrons. The molecule has 44 heavy (non-hydrogen) atoms. The second-order valence-corrected chi connectivity index (χ2v) is 12.2. The number of fused-ring (bicyclic) bond motifs is 2. The molecule has 0 unspecified atom stereocenters. The zero-order chi connectivity index (χ0) is 31.8. The maximum absolute atomic E-state index is 13.9. The summed E-state index contributed by atoms with van der Waals surface area (Å²) in [5.74, 6) is -3.15. The van der Waals surface area contributed by atoms with Crippen LogP contribution >= 0.6 is 31.9 Å². The number of rotatable bonds is 5. The van der Waals surface area contributed by atoms with Crippen molar-refractivity contribution in [2.75, 3.05) is 19.6 Å². The molecule has 1 spiro atoms. The standard InChI is InChI=1S/C28H24Br2N4O3.C2HF3O2/c29-18-12-28(13-19(30)26(18)36)8-11-33-24-22(28)23-21-17(7-10-32-23)14-34(25(21)27(24)37)15-20(35)31-9-6-16-4-2-1-3-5-16;3-2(4,5)1(6)7/h1-5,12-14,33H,6-11,15H2,(H,31,35);(H,6,7). The number of aliphatic imine (C=N–C) groups is 1. The van der Waals surface area contributed by atoms with Crippen LogP contribution in [0.1, 0.15) is 33.6 Å². The summed E-state index contributed by atoms with van der Waals surface area (Å²) in [4.78, 5) is 53.0. The Bertz CT molecular complexity index is 1670. The molecular weight excluding hydrogens is 713 g/mol. The van der Waals surface area contributed by atoms with E-state index in [4.69, 9.17) is 14.9 Å². The van der Waals surface area contributed by atoms with E-state index in [9.17, 15) is 27.6 Å². The van der Waals surface area contributed by atoms with Crippen molar-refractivity contribution in [1.29, 1.82) is 0 Å². The maximum atomic E-state index is 13.9. The highest BCUT2D eigenvalue weighted by atomic mass is 79.9. The third kappa shape index (κ3) is 6.09. The lowest BCUT2D eigenvalue weighted by atomic mass is 9.66. The average Bonchev–Trinajstić information content (AvgIpc) is 3.33.